The first-order valence-electron chi connectivity index (χ1n) is 6.00. The fourth-order valence-electron chi connectivity index (χ4n) is 1.47. The van der Waals surface area contributed by atoms with E-state index in [9.17, 15) is 9.59 Å². The van der Waals surface area contributed by atoms with Crippen molar-refractivity contribution in [3.05, 3.63) is 0 Å². The zero-order valence-electron chi connectivity index (χ0n) is 11.8. The van der Waals surface area contributed by atoms with Crippen LogP contribution in [0.1, 0.15) is 48.0 Å². The first-order valence-corrected chi connectivity index (χ1v) is 6.80. The van der Waals surface area contributed by atoms with Crippen molar-refractivity contribution in [3.8, 4) is 0 Å². The third kappa shape index (κ3) is 3.97. The first-order chi connectivity index (χ1) is 7.85. The fourth-order valence-corrected chi connectivity index (χ4v) is 2.06. The maximum Gasteiger partial charge on any atom is 0.324 e. The molecule has 2 atom stereocenters. The van der Waals surface area contributed by atoms with Crippen molar-refractivity contribution in [1.29, 1.82) is 0 Å². The zero-order chi connectivity index (χ0) is 14.4. The van der Waals surface area contributed by atoms with Gasteiger partial charge in [0.1, 0.15) is 15.5 Å². The maximum absolute atomic E-state index is 11.9. The lowest BCUT2D eigenvalue weighted by Gasteiger charge is -2.23. The van der Waals surface area contributed by atoms with Crippen LogP contribution in [-0.4, -0.2) is 27.5 Å². The molecule has 0 aromatic rings. The van der Waals surface area contributed by atoms with E-state index in [1.807, 2.05) is 0 Å². The van der Waals surface area contributed by atoms with Crippen LogP contribution in [0.2, 0.25) is 0 Å². The van der Waals surface area contributed by atoms with Crippen LogP contribution in [0.3, 0.4) is 0 Å². The Balaban J connectivity index is 2.61. The van der Waals surface area contributed by atoms with E-state index >= 15 is 0 Å². The van der Waals surface area contributed by atoms with Crippen molar-refractivity contribution >= 4 is 27.9 Å². The summed E-state index contributed by atoms with van der Waals surface area (Å²) < 4.78 is 9.64. The molecule has 0 aromatic heterocycles. The predicted octanol–water partition coefficient (Wildman–Crippen LogP) is 2.82. The van der Waals surface area contributed by atoms with Gasteiger partial charge in [0.15, 0.2) is 0 Å². The molecule has 0 bridgehead atoms. The molecule has 5 heteroatoms. The molecular weight excluding hydrogens is 300 g/mol. The van der Waals surface area contributed by atoms with E-state index in [0.29, 0.717) is 6.42 Å². The van der Waals surface area contributed by atoms with Gasteiger partial charge in [0, 0.05) is 0 Å². The van der Waals surface area contributed by atoms with Gasteiger partial charge in [0.25, 0.3) is 0 Å². The molecule has 1 saturated carbocycles. The van der Waals surface area contributed by atoms with E-state index in [2.05, 4.69) is 15.9 Å². The fraction of sp³-hybridized carbons (Fsp3) is 0.846. The second-order valence-electron chi connectivity index (χ2n) is 6.65. The van der Waals surface area contributed by atoms with Crippen molar-refractivity contribution in [2.75, 3.05) is 0 Å². The maximum atomic E-state index is 11.9. The quantitative estimate of drug-likeness (QED) is 0.580. The van der Waals surface area contributed by atoms with Gasteiger partial charge in [-0.3, -0.25) is 9.59 Å². The number of hydrogen-bond donors (Lipinski definition) is 0. The summed E-state index contributed by atoms with van der Waals surface area (Å²) in [7, 11) is 0. The summed E-state index contributed by atoms with van der Waals surface area (Å²) in [5, 5.41) is 0. The van der Waals surface area contributed by atoms with Gasteiger partial charge in [-0.2, -0.15) is 0 Å². The van der Waals surface area contributed by atoms with Crippen LogP contribution in [0.25, 0.3) is 0 Å². The molecule has 1 fully saturated rings. The Morgan fingerprint density at radius 3 is 1.89 bits per heavy atom. The van der Waals surface area contributed by atoms with Gasteiger partial charge in [0.2, 0.25) is 0 Å². The SMILES string of the molecule is CC(C)(C)OC(=O)C1CC1(Br)C(=O)OC(C)(C)C. The number of halogens is 1. The normalized spacial score (nSPS) is 27.6. The van der Waals surface area contributed by atoms with Crippen LogP contribution < -0.4 is 0 Å². The van der Waals surface area contributed by atoms with Crippen molar-refractivity contribution in [3.63, 3.8) is 0 Å². The Hall–Kier alpha value is -0.580. The van der Waals surface area contributed by atoms with Crippen LogP contribution in [0.4, 0.5) is 0 Å². The van der Waals surface area contributed by atoms with Gasteiger partial charge >= 0.3 is 11.9 Å². The lowest BCUT2D eigenvalue weighted by molar-refractivity contribution is -0.161. The van der Waals surface area contributed by atoms with E-state index in [-0.39, 0.29) is 5.97 Å². The van der Waals surface area contributed by atoms with Gasteiger partial charge in [-0.15, -0.1) is 0 Å². The molecule has 2 unspecified atom stereocenters. The molecule has 1 rings (SSSR count). The zero-order valence-corrected chi connectivity index (χ0v) is 13.4. The summed E-state index contributed by atoms with van der Waals surface area (Å²) in [5.74, 6) is -1.21. The minimum absolute atomic E-state index is 0.356. The predicted molar refractivity (Wildman–Crippen MR) is 71.5 cm³/mol. The van der Waals surface area contributed by atoms with Crippen LogP contribution >= 0.6 is 15.9 Å². The number of ether oxygens (including phenoxy) is 2. The second-order valence-corrected chi connectivity index (χ2v) is 8.07. The molecule has 0 heterocycles. The van der Waals surface area contributed by atoms with E-state index in [1.165, 1.54) is 0 Å². The standard InChI is InChI=1S/C13H21BrO4/c1-11(2,3)17-9(15)8-7-13(8,14)10(16)18-12(4,5)6/h8H,7H2,1-6H3. The van der Waals surface area contributed by atoms with Crippen LogP contribution in [-0.2, 0) is 19.1 Å². The second kappa shape index (κ2) is 4.51. The lowest BCUT2D eigenvalue weighted by atomic mass is 10.2. The minimum atomic E-state index is -0.900. The molecule has 4 nitrogen and oxygen atoms in total. The number of rotatable bonds is 2. The highest BCUT2D eigenvalue weighted by molar-refractivity contribution is 9.10. The third-order valence-electron chi connectivity index (χ3n) is 2.32. The summed E-state index contributed by atoms with van der Waals surface area (Å²) in [6.45, 7) is 10.8. The average Bonchev–Trinajstić information content (AvgIpc) is 2.73. The van der Waals surface area contributed by atoms with Crippen molar-refractivity contribution in [1.82, 2.24) is 0 Å². The summed E-state index contributed by atoms with van der Waals surface area (Å²) in [6.07, 6.45) is 0.427. The molecule has 104 valence electrons. The average molecular weight is 321 g/mol. The molecular formula is C13H21BrO4. The Bertz CT molecular complexity index is 364. The van der Waals surface area contributed by atoms with Crippen LogP contribution in [0.5, 0.6) is 0 Å². The van der Waals surface area contributed by atoms with E-state index in [4.69, 9.17) is 9.47 Å². The molecule has 0 radical (unpaired) electrons. The first kappa shape index (κ1) is 15.5. The number of alkyl halides is 1. The van der Waals surface area contributed by atoms with Crippen LogP contribution in [0.15, 0.2) is 0 Å². The Morgan fingerprint density at radius 2 is 1.50 bits per heavy atom. The smallest absolute Gasteiger partial charge is 0.324 e. The molecule has 0 spiro atoms. The number of hydrogen-bond acceptors (Lipinski definition) is 4. The van der Waals surface area contributed by atoms with Gasteiger partial charge < -0.3 is 9.47 Å². The molecule has 1 aliphatic rings. The highest BCUT2D eigenvalue weighted by Gasteiger charge is 2.65. The highest BCUT2D eigenvalue weighted by Crippen LogP contribution is 2.53. The largest absolute Gasteiger partial charge is 0.460 e. The molecule has 0 aliphatic heterocycles. The molecule has 0 N–H and O–H groups in total. The minimum Gasteiger partial charge on any atom is -0.460 e. The summed E-state index contributed by atoms with van der Waals surface area (Å²) in [4.78, 5) is 23.8. The molecule has 0 saturated heterocycles. The monoisotopic (exact) mass is 320 g/mol. The Kier molecular flexibility index (Phi) is 3.88. The molecule has 0 amide bonds. The topological polar surface area (TPSA) is 52.6 Å². The number of carbonyl (C=O) groups is 2. The summed E-state index contributed by atoms with van der Waals surface area (Å²) in [5.41, 5.74) is -1.10. The van der Waals surface area contributed by atoms with Gasteiger partial charge in [-0.05, 0) is 48.0 Å². The van der Waals surface area contributed by atoms with Crippen molar-refractivity contribution in [2.24, 2.45) is 5.92 Å². The Morgan fingerprint density at radius 1 is 1.06 bits per heavy atom. The lowest BCUT2D eigenvalue weighted by Crippen LogP contribution is -2.33. The molecule has 18 heavy (non-hydrogen) atoms. The third-order valence-corrected chi connectivity index (χ3v) is 3.52. The van der Waals surface area contributed by atoms with Crippen LogP contribution in [0, 0.1) is 5.92 Å². The Labute approximate surface area is 117 Å². The van der Waals surface area contributed by atoms with Crippen molar-refractivity contribution < 1.29 is 19.1 Å². The van der Waals surface area contributed by atoms with Crippen molar-refractivity contribution in [2.45, 2.75) is 63.5 Å². The summed E-state index contributed by atoms with van der Waals surface area (Å²) in [6, 6.07) is 0. The van der Waals surface area contributed by atoms with E-state index in [1.54, 1.807) is 41.5 Å². The molecule has 1 aliphatic carbocycles. The van der Waals surface area contributed by atoms with Gasteiger partial charge in [-0.25, -0.2) is 0 Å². The highest BCUT2D eigenvalue weighted by atomic mass is 79.9. The van der Waals surface area contributed by atoms with Gasteiger partial charge in [0.05, 0.1) is 5.92 Å². The van der Waals surface area contributed by atoms with E-state index in [0.717, 1.165) is 0 Å². The van der Waals surface area contributed by atoms with Gasteiger partial charge in [-0.1, -0.05) is 15.9 Å². The summed E-state index contributed by atoms with van der Waals surface area (Å²) >= 11 is 3.31. The molecule has 0 aromatic carbocycles. The number of carbonyl (C=O) groups excluding carboxylic acids is 2. The number of esters is 2. The van der Waals surface area contributed by atoms with E-state index < -0.39 is 27.4 Å².